The third-order valence-corrected chi connectivity index (χ3v) is 7.27. The Morgan fingerprint density at radius 2 is 1.51 bits per heavy atom. The molecule has 0 spiro atoms. The molecular weight excluding hydrogens is 511 g/mol. The minimum Gasteiger partial charge on any atom is -0.507 e. The summed E-state index contributed by atoms with van der Waals surface area (Å²) in [5.41, 5.74) is 0.767. The molecule has 1 atom stereocenters. The molecule has 0 aliphatic heterocycles. The van der Waals surface area contributed by atoms with Crippen LogP contribution in [0.15, 0.2) is 47.4 Å². The van der Waals surface area contributed by atoms with Crippen LogP contribution >= 0.6 is 0 Å². The van der Waals surface area contributed by atoms with Crippen molar-refractivity contribution in [2.45, 2.75) is 57.7 Å². The SMILES string of the molecule is Cc1cc(C)c(S(=O)(=O)Nc2cc(C(C(=O)OC(C)C)C(=O)C(F)(F)F)c(O)c3ccccc23)c(C)c1. The van der Waals surface area contributed by atoms with Crippen molar-refractivity contribution in [3.8, 4) is 5.75 Å². The van der Waals surface area contributed by atoms with Crippen LogP contribution in [-0.2, 0) is 24.3 Å². The summed E-state index contributed by atoms with van der Waals surface area (Å²) in [5.74, 6) is -7.33. The number of ketones is 1. The van der Waals surface area contributed by atoms with E-state index in [1.165, 1.54) is 38.1 Å². The lowest BCUT2D eigenvalue weighted by Gasteiger charge is -2.22. The Balaban J connectivity index is 2.29. The smallest absolute Gasteiger partial charge is 0.451 e. The molecule has 37 heavy (non-hydrogen) atoms. The molecule has 0 amide bonds. The number of nitrogens with one attached hydrogen (secondary N) is 1. The zero-order valence-electron chi connectivity index (χ0n) is 20.7. The molecule has 198 valence electrons. The lowest BCUT2D eigenvalue weighted by Crippen LogP contribution is -2.35. The van der Waals surface area contributed by atoms with Gasteiger partial charge < -0.3 is 9.84 Å². The number of hydrogen-bond acceptors (Lipinski definition) is 6. The van der Waals surface area contributed by atoms with Crippen molar-refractivity contribution >= 4 is 38.2 Å². The van der Waals surface area contributed by atoms with Crippen LogP contribution in [-0.4, -0.2) is 37.6 Å². The van der Waals surface area contributed by atoms with Gasteiger partial charge in [-0.25, -0.2) is 8.42 Å². The quantitative estimate of drug-likeness (QED) is 0.236. The number of carbonyl (C=O) groups is 2. The third-order valence-electron chi connectivity index (χ3n) is 5.60. The van der Waals surface area contributed by atoms with Gasteiger partial charge in [-0.3, -0.25) is 14.3 Å². The molecule has 0 aromatic heterocycles. The van der Waals surface area contributed by atoms with Gasteiger partial charge in [-0.05, 0) is 51.8 Å². The first kappa shape index (κ1) is 28.0. The van der Waals surface area contributed by atoms with Crippen molar-refractivity contribution in [2.75, 3.05) is 4.72 Å². The average molecular weight is 538 g/mol. The molecular formula is C26H26F3NO6S. The van der Waals surface area contributed by atoms with E-state index in [2.05, 4.69) is 4.72 Å². The van der Waals surface area contributed by atoms with E-state index in [1.807, 2.05) is 0 Å². The van der Waals surface area contributed by atoms with Crippen LogP contribution in [0, 0.1) is 20.8 Å². The standard InChI is InChI=1S/C26H26F3NO6S/c1-13(2)36-25(33)21(24(32)26(27,28)29)19-12-20(17-8-6-7-9-18(17)22(19)31)30-37(34,35)23-15(4)10-14(3)11-16(23)5/h6-13,21,30-31H,1-5H3. The Labute approximate surface area is 212 Å². The number of benzene rings is 3. The van der Waals surface area contributed by atoms with Gasteiger partial charge in [0.1, 0.15) is 5.75 Å². The molecule has 7 nitrogen and oxygen atoms in total. The second-order valence-electron chi connectivity index (χ2n) is 9.02. The Bertz CT molecular complexity index is 1470. The van der Waals surface area contributed by atoms with Crippen LogP contribution in [0.2, 0.25) is 0 Å². The molecule has 0 fully saturated rings. The van der Waals surface area contributed by atoms with Gasteiger partial charge in [-0.1, -0.05) is 42.0 Å². The molecule has 2 N–H and O–H groups in total. The van der Waals surface area contributed by atoms with Crippen molar-refractivity contribution in [2.24, 2.45) is 0 Å². The summed E-state index contributed by atoms with van der Waals surface area (Å²) in [4.78, 5) is 25.0. The van der Waals surface area contributed by atoms with Gasteiger partial charge in [0, 0.05) is 16.3 Å². The number of sulfonamides is 1. The lowest BCUT2D eigenvalue weighted by atomic mass is 9.90. The van der Waals surface area contributed by atoms with Crippen molar-refractivity contribution in [1.29, 1.82) is 0 Å². The van der Waals surface area contributed by atoms with Crippen molar-refractivity contribution in [3.05, 3.63) is 64.7 Å². The second kappa shape index (κ2) is 10.0. The monoisotopic (exact) mass is 537 g/mol. The number of aromatic hydroxyl groups is 1. The van der Waals surface area contributed by atoms with E-state index < -0.39 is 51.3 Å². The van der Waals surface area contributed by atoms with Crippen molar-refractivity contribution < 1.29 is 41.0 Å². The van der Waals surface area contributed by atoms with Gasteiger partial charge in [0.15, 0.2) is 5.92 Å². The molecule has 11 heteroatoms. The molecule has 0 bridgehead atoms. The fraction of sp³-hybridized carbons (Fsp3) is 0.308. The van der Waals surface area contributed by atoms with Crippen LogP contribution in [0.4, 0.5) is 18.9 Å². The number of rotatable bonds is 7. The van der Waals surface area contributed by atoms with Crippen LogP contribution in [0.25, 0.3) is 10.8 Å². The highest BCUT2D eigenvalue weighted by Crippen LogP contribution is 2.42. The normalized spacial score (nSPS) is 13.0. The first-order chi connectivity index (χ1) is 17.0. The molecule has 0 saturated carbocycles. The number of phenolic OH excluding ortho intramolecular Hbond substituents is 1. The highest BCUT2D eigenvalue weighted by molar-refractivity contribution is 7.92. The number of fused-ring (bicyclic) bond motifs is 1. The Kier molecular flexibility index (Phi) is 7.59. The second-order valence-corrected chi connectivity index (χ2v) is 10.6. The maximum absolute atomic E-state index is 13.5. The van der Waals surface area contributed by atoms with Gasteiger partial charge in [0.2, 0.25) is 0 Å². The minimum absolute atomic E-state index is 0.0288. The van der Waals surface area contributed by atoms with E-state index in [0.717, 1.165) is 11.6 Å². The van der Waals surface area contributed by atoms with E-state index in [4.69, 9.17) is 4.74 Å². The van der Waals surface area contributed by atoms with Gasteiger partial charge in [0.05, 0.1) is 16.7 Å². The summed E-state index contributed by atoms with van der Waals surface area (Å²) in [6.45, 7) is 7.79. The molecule has 0 radical (unpaired) electrons. The van der Waals surface area contributed by atoms with E-state index >= 15 is 0 Å². The molecule has 3 aromatic carbocycles. The highest BCUT2D eigenvalue weighted by atomic mass is 32.2. The molecule has 0 aliphatic rings. The van der Waals surface area contributed by atoms with Gasteiger partial charge in [-0.2, -0.15) is 13.2 Å². The summed E-state index contributed by atoms with van der Waals surface area (Å²) in [6.07, 6.45) is -6.29. The summed E-state index contributed by atoms with van der Waals surface area (Å²) in [6, 6.07) is 9.97. The van der Waals surface area contributed by atoms with Gasteiger partial charge >= 0.3 is 12.1 Å². The van der Waals surface area contributed by atoms with Crippen molar-refractivity contribution in [1.82, 2.24) is 0 Å². The topological polar surface area (TPSA) is 110 Å². The number of aryl methyl sites for hydroxylation is 3. The van der Waals surface area contributed by atoms with E-state index in [9.17, 15) is 36.3 Å². The fourth-order valence-electron chi connectivity index (χ4n) is 4.31. The molecule has 0 heterocycles. The third kappa shape index (κ3) is 5.71. The number of phenols is 1. The largest absolute Gasteiger partial charge is 0.507 e. The number of alkyl halides is 3. The number of ether oxygens (including phenoxy) is 1. The fourth-order valence-corrected chi connectivity index (χ4v) is 5.84. The van der Waals surface area contributed by atoms with Gasteiger partial charge in [0.25, 0.3) is 15.8 Å². The highest BCUT2D eigenvalue weighted by Gasteiger charge is 2.49. The van der Waals surface area contributed by atoms with E-state index in [1.54, 1.807) is 32.9 Å². The summed E-state index contributed by atoms with van der Waals surface area (Å²) >= 11 is 0. The number of anilines is 1. The van der Waals surface area contributed by atoms with Crippen LogP contribution in [0.3, 0.4) is 0 Å². The van der Waals surface area contributed by atoms with Gasteiger partial charge in [-0.15, -0.1) is 0 Å². The minimum atomic E-state index is -5.44. The maximum atomic E-state index is 13.5. The predicted octanol–water partition coefficient (Wildman–Crippen LogP) is 5.44. The number of halogens is 3. The van der Waals surface area contributed by atoms with Crippen LogP contribution < -0.4 is 4.72 Å². The number of esters is 1. The lowest BCUT2D eigenvalue weighted by molar-refractivity contribution is -0.178. The average Bonchev–Trinajstić information content (AvgIpc) is 2.74. The first-order valence-electron chi connectivity index (χ1n) is 11.2. The first-order valence-corrected chi connectivity index (χ1v) is 12.7. The van der Waals surface area contributed by atoms with E-state index in [0.29, 0.717) is 11.1 Å². The molecule has 3 rings (SSSR count). The summed E-state index contributed by atoms with van der Waals surface area (Å²) in [5, 5.41) is 11.0. The molecule has 3 aromatic rings. The zero-order valence-corrected chi connectivity index (χ0v) is 21.5. The van der Waals surface area contributed by atoms with Crippen LogP contribution in [0.1, 0.15) is 42.0 Å². The Morgan fingerprint density at radius 3 is 2.03 bits per heavy atom. The molecule has 0 saturated heterocycles. The number of carbonyl (C=O) groups excluding carboxylic acids is 2. The van der Waals surface area contributed by atoms with E-state index in [-0.39, 0.29) is 21.4 Å². The summed E-state index contributed by atoms with van der Waals surface area (Å²) < 4.78 is 74.6. The Hall–Kier alpha value is -3.60. The molecule has 0 aliphatic carbocycles. The Morgan fingerprint density at radius 1 is 0.973 bits per heavy atom. The van der Waals surface area contributed by atoms with Crippen molar-refractivity contribution in [3.63, 3.8) is 0 Å². The predicted molar refractivity (Wildman–Crippen MR) is 132 cm³/mol. The number of hydrogen-bond donors (Lipinski definition) is 2. The summed E-state index contributed by atoms with van der Waals surface area (Å²) in [7, 11) is -4.28. The zero-order chi connectivity index (χ0) is 27.9. The maximum Gasteiger partial charge on any atom is 0.451 e. The van der Waals surface area contributed by atoms with Crippen LogP contribution in [0.5, 0.6) is 5.75 Å². The molecule has 1 unspecified atom stereocenters. The number of Topliss-reactive ketones (excluding diaryl/α,β-unsaturated/α-hetero) is 1.